The molecule has 0 aromatic carbocycles. The van der Waals surface area contributed by atoms with Crippen LogP contribution in [0.25, 0.3) is 0 Å². The fourth-order valence-electron chi connectivity index (χ4n) is 1.72. The topological polar surface area (TPSA) is 98.3 Å². The third-order valence-electron chi connectivity index (χ3n) is 2.63. The van der Waals surface area contributed by atoms with Crippen molar-refractivity contribution in [1.82, 2.24) is 9.78 Å². The van der Waals surface area contributed by atoms with Crippen LogP contribution in [0.5, 0.6) is 0 Å². The summed E-state index contributed by atoms with van der Waals surface area (Å²) in [6, 6.07) is -0.899. The summed E-state index contributed by atoms with van der Waals surface area (Å²) in [7, 11) is 0. The van der Waals surface area contributed by atoms with Crippen molar-refractivity contribution in [3.8, 4) is 0 Å². The minimum absolute atomic E-state index is 0.0527. The zero-order valence-electron chi connectivity index (χ0n) is 10.0. The first kappa shape index (κ1) is 13.1. The molecular weight excluding hydrogens is 226 g/mol. The lowest BCUT2D eigenvalue weighted by molar-refractivity contribution is -0.386. The molecule has 0 unspecified atom stereocenters. The zero-order chi connectivity index (χ0) is 13.2. The molecule has 17 heavy (non-hydrogen) atoms. The molecule has 7 heteroatoms. The first-order valence-electron chi connectivity index (χ1n) is 5.41. The zero-order valence-corrected chi connectivity index (χ0v) is 10.0. The van der Waals surface area contributed by atoms with Crippen molar-refractivity contribution in [2.24, 2.45) is 0 Å². The van der Waals surface area contributed by atoms with Crippen molar-refractivity contribution in [2.75, 3.05) is 0 Å². The van der Waals surface area contributed by atoms with Crippen LogP contribution < -0.4 is 0 Å². The van der Waals surface area contributed by atoms with Crippen molar-refractivity contribution in [3.63, 3.8) is 0 Å². The number of carboxylic acid groups (broad SMARTS) is 1. The van der Waals surface area contributed by atoms with Crippen LogP contribution in [0.2, 0.25) is 0 Å². The molecule has 0 aliphatic rings. The number of hydrogen-bond donors (Lipinski definition) is 1. The summed E-state index contributed by atoms with van der Waals surface area (Å²) in [6.45, 7) is 4.96. The molecule has 1 aromatic heterocycles. The fourth-order valence-corrected chi connectivity index (χ4v) is 1.72. The molecule has 1 aromatic rings. The summed E-state index contributed by atoms with van der Waals surface area (Å²) >= 11 is 0. The van der Waals surface area contributed by atoms with Gasteiger partial charge in [-0.3, -0.25) is 10.1 Å². The summed E-state index contributed by atoms with van der Waals surface area (Å²) < 4.78 is 1.24. The van der Waals surface area contributed by atoms with E-state index in [4.69, 9.17) is 5.11 Å². The highest BCUT2D eigenvalue weighted by Gasteiger charge is 2.29. The lowest BCUT2D eigenvalue weighted by Crippen LogP contribution is -2.19. The second-order valence-electron chi connectivity index (χ2n) is 3.66. The monoisotopic (exact) mass is 241 g/mol. The highest BCUT2D eigenvalue weighted by atomic mass is 16.6. The molecule has 0 aliphatic carbocycles. The van der Waals surface area contributed by atoms with Crippen molar-refractivity contribution in [2.45, 2.75) is 39.7 Å². The Kier molecular flexibility index (Phi) is 3.82. The highest BCUT2D eigenvalue weighted by Crippen LogP contribution is 2.27. The molecular formula is C10H15N3O4. The number of rotatable bonds is 5. The molecule has 7 nitrogen and oxygen atoms in total. The molecule has 0 saturated heterocycles. The quantitative estimate of drug-likeness (QED) is 0.623. The van der Waals surface area contributed by atoms with Gasteiger partial charge >= 0.3 is 11.7 Å². The third-order valence-corrected chi connectivity index (χ3v) is 2.63. The van der Waals surface area contributed by atoms with Crippen LogP contribution in [0, 0.1) is 10.1 Å². The molecule has 0 fully saturated rings. The second kappa shape index (κ2) is 4.94. The van der Waals surface area contributed by atoms with Crippen molar-refractivity contribution in [1.29, 1.82) is 0 Å². The maximum absolute atomic E-state index is 11.0. The number of hydrogen-bond acceptors (Lipinski definition) is 4. The predicted octanol–water partition coefficient (Wildman–Crippen LogP) is 1.56. The van der Waals surface area contributed by atoms with Gasteiger partial charge in [0.15, 0.2) is 0 Å². The number of nitro groups is 1. The van der Waals surface area contributed by atoms with Crippen LogP contribution in [0.4, 0.5) is 5.69 Å². The van der Waals surface area contributed by atoms with E-state index in [1.54, 1.807) is 13.8 Å². The Balaban J connectivity index is 3.42. The maximum Gasteiger partial charge on any atom is 0.328 e. The Hall–Kier alpha value is -1.92. The Morgan fingerprint density at radius 2 is 2.12 bits per heavy atom. The van der Waals surface area contributed by atoms with Crippen LogP contribution >= 0.6 is 0 Å². The van der Waals surface area contributed by atoms with Gasteiger partial charge in [0, 0.05) is 0 Å². The summed E-state index contributed by atoms with van der Waals surface area (Å²) in [5, 5.41) is 23.9. The van der Waals surface area contributed by atoms with Gasteiger partial charge in [-0.15, -0.1) is 0 Å². The van der Waals surface area contributed by atoms with Gasteiger partial charge in [-0.2, -0.15) is 5.10 Å². The molecule has 1 N–H and O–H groups in total. The Morgan fingerprint density at radius 1 is 1.53 bits per heavy atom. The van der Waals surface area contributed by atoms with E-state index in [0.29, 0.717) is 24.2 Å². The predicted molar refractivity (Wildman–Crippen MR) is 60.0 cm³/mol. The summed E-state index contributed by atoms with van der Waals surface area (Å²) in [5.74, 6) is -1.06. The lowest BCUT2D eigenvalue weighted by Gasteiger charge is -2.09. The lowest BCUT2D eigenvalue weighted by atomic mass is 10.2. The SMILES string of the molecule is CCc1nn([C@H](C)C(=O)O)c(CC)c1[N+](=O)[O-]. The van der Waals surface area contributed by atoms with E-state index in [9.17, 15) is 14.9 Å². The molecule has 1 heterocycles. The van der Waals surface area contributed by atoms with Crippen LogP contribution in [0.15, 0.2) is 0 Å². The van der Waals surface area contributed by atoms with Gasteiger partial charge in [0.1, 0.15) is 17.4 Å². The van der Waals surface area contributed by atoms with E-state index in [2.05, 4.69) is 5.10 Å². The third kappa shape index (κ3) is 2.27. The van der Waals surface area contributed by atoms with Crippen LogP contribution in [0.3, 0.4) is 0 Å². The standard InChI is InChI=1S/C10H15N3O4/c1-4-7-9(13(16)17)8(5-2)12(11-7)6(3)10(14)15/h6H,4-5H2,1-3H3,(H,14,15)/t6-/m1/s1. The van der Waals surface area contributed by atoms with Gasteiger partial charge < -0.3 is 5.11 Å². The summed E-state index contributed by atoms with van der Waals surface area (Å²) in [5.41, 5.74) is 0.643. The first-order valence-corrected chi connectivity index (χ1v) is 5.41. The van der Waals surface area contributed by atoms with Gasteiger partial charge in [-0.25, -0.2) is 9.48 Å². The number of aliphatic carboxylic acids is 1. The largest absolute Gasteiger partial charge is 0.480 e. The molecule has 0 saturated carbocycles. The first-order chi connectivity index (χ1) is 7.93. The van der Waals surface area contributed by atoms with E-state index in [-0.39, 0.29) is 5.69 Å². The highest BCUT2D eigenvalue weighted by molar-refractivity contribution is 5.71. The molecule has 1 atom stereocenters. The minimum Gasteiger partial charge on any atom is -0.480 e. The van der Waals surface area contributed by atoms with E-state index in [1.807, 2.05) is 0 Å². The van der Waals surface area contributed by atoms with E-state index >= 15 is 0 Å². The van der Waals surface area contributed by atoms with E-state index in [0.717, 1.165) is 0 Å². The molecule has 0 aliphatic heterocycles. The molecule has 0 radical (unpaired) electrons. The maximum atomic E-state index is 11.0. The van der Waals surface area contributed by atoms with Gasteiger partial charge in [-0.1, -0.05) is 13.8 Å². The van der Waals surface area contributed by atoms with E-state index in [1.165, 1.54) is 11.6 Å². The van der Waals surface area contributed by atoms with Crippen molar-refractivity contribution >= 4 is 11.7 Å². The molecule has 0 amide bonds. The molecule has 0 bridgehead atoms. The van der Waals surface area contributed by atoms with Gasteiger partial charge in [0.25, 0.3) is 0 Å². The smallest absolute Gasteiger partial charge is 0.328 e. The average Bonchev–Trinajstić information content (AvgIpc) is 2.65. The van der Waals surface area contributed by atoms with Crippen molar-refractivity contribution < 1.29 is 14.8 Å². The van der Waals surface area contributed by atoms with Crippen LogP contribution in [-0.2, 0) is 17.6 Å². The molecule has 1 rings (SSSR count). The van der Waals surface area contributed by atoms with Crippen LogP contribution in [0.1, 0.15) is 38.2 Å². The fraction of sp³-hybridized carbons (Fsp3) is 0.600. The normalized spacial score (nSPS) is 12.4. The number of nitrogens with zero attached hydrogens (tertiary/aromatic N) is 3. The second-order valence-corrected chi connectivity index (χ2v) is 3.66. The number of carbonyl (C=O) groups is 1. The summed E-state index contributed by atoms with van der Waals surface area (Å²) in [6.07, 6.45) is 0.781. The number of carboxylic acids is 1. The van der Waals surface area contributed by atoms with Gasteiger partial charge in [0.05, 0.1) is 4.92 Å². The Labute approximate surface area is 98.2 Å². The van der Waals surface area contributed by atoms with Gasteiger partial charge in [-0.05, 0) is 19.8 Å². The van der Waals surface area contributed by atoms with E-state index < -0.39 is 16.9 Å². The van der Waals surface area contributed by atoms with Crippen LogP contribution in [-0.4, -0.2) is 25.8 Å². The number of aryl methyl sites for hydroxylation is 1. The Morgan fingerprint density at radius 3 is 2.47 bits per heavy atom. The average molecular weight is 241 g/mol. The Bertz CT molecular complexity index is 453. The van der Waals surface area contributed by atoms with Gasteiger partial charge in [0.2, 0.25) is 0 Å². The van der Waals surface area contributed by atoms with Crippen molar-refractivity contribution in [3.05, 3.63) is 21.5 Å². The summed E-state index contributed by atoms with van der Waals surface area (Å²) in [4.78, 5) is 21.4. The molecule has 0 spiro atoms. The number of aromatic nitrogens is 2. The molecule has 94 valence electrons. The minimum atomic E-state index is -1.06.